The number of fused-ring (bicyclic) bond motifs is 1. The van der Waals surface area contributed by atoms with Crippen LogP contribution in [0.1, 0.15) is 25.1 Å². The van der Waals surface area contributed by atoms with Crippen LogP contribution in [0.2, 0.25) is 5.02 Å². The Morgan fingerprint density at radius 1 is 1.19 bits per heavy atom. The zero-order valence-corrected chi connectivity index (χ0v) is 16.4. The van der Waals surface area contributed by atoms with E-state index in [1.165, 1.54) is 5.56 Å². The van der Waals surface area contributed by atoms with Gasteiger partial charge in [-0.25, -0.2) is 4.98 Å². The molecular weight excluding hydrogens is 366 g/mol. The van der Waals surface area contributed by atoms with Crippen LogP contribution >= 0.6 is 23.4 Å². The number of carbonyl (C=O) groups excluding carboxylic acids is 1. The summed E-state index contributed by atoms with van der Waals surface area (Å²) in [6.07, 6.45) is 3.70. The second-order valence-electron chi connectivity index (χ2n) is 6.52. The molecule has 3 rings (SSSR count). The van der Waals surface area contributed by atoms with Crippen LogP contribution in [-0.2, 0) is 17.1 Å². The summed E-state index contributed by atoms with van der Waals surface area (Å²) in [5, 5.41) is 3.58. The number of amides is 1. The van der Waals surface area contributed by atoms with E-state index >= 15 is 0 Å². The van der Waals surface area contributed by atoms with Crippen molar-refractivity contribution in [1.29, 1.82) is 0 Å². The van der Waals surface area contributed by atoms with Crippen molar-refractivity contribution in [2.75, 3.05) is 0 Å². The summed E-state index contributed by atoms with van der Waals surface area (Å²) in [7, 11) is 0. The summed E-state index contributed by atoms with van der Waals surface area (Å²) in [5.74, 6) is 1.13. The van der Waals surface area contributed by atoms with Crippen LogP contribution in [-0.4, -0.2) is 20.5 Å². The van der Waals surface area contributed by atoms with Crippen LogP contribution in [0.25, 0.3) is 5.65 Å². The first kappa shape index (κ1) is 18.8. The number of imidazole rings is 1. The van der Waals surface area contributed by atoms with Gasteiger partial charge in [-0.1, -0.05) is 55.8 Å². The van der Waals surface area contributed by atoms with Crippen LogP contribution < -0.4 is 5.32 Å². The second kappa shape index (κ2) is 8.60. The number of carbonyl (C=O) groups is 1. The van der Waals surface area contributed by atoms with Gasteiger partial charge in [-0.2, -0.15) is 0 Å². The summed E-state index contributed by atoms with van der Waals surface area (Å²) in [4.78, 5) is 17.2. The van der Waals surface area contributed by atoms with Crippen LogP contribution in [0, 0.1) is 5.92 Å². The highest BCUT2D eigenvalue weighted by molar-refractivity contribution is 7.99. The van der Waals surface area contributed by atoms with Gasteiger partial charge in [0, 0.05) is 18.1 Å². The van der Waals surface area contributed by atoms with Gasteiger partial charge in [0.2, 0.25) is 5.91 Å². The molecule has 0 aliphatic rings. The topological polar surface area (TPSA) is 46.4 Å². The standard InChI is InChI=1S/C20H22ClN3OS/c1-14(2)19(26-13-15-6-4-3-5-7-15)20(25)22-10-17-12-24-11-16(21)8-9-18(24)23-17/h3-9,11-12,14,19H,10,13H2,1-2H3,(H,22,25). The van der Waals surface area contributed by atoms with Gasteiger partial charge >= 0.3 is 0 Å². The monoisotopic (exact) mass is 387 g/mol. The molecule has 0 aliphatic carbocycles. The number of nitrogens with zero attached hydrogens (tertiary/aromatic N) is 2. The summed E-state index contributed by atoms with van der Waals surface area (Å²) in [5.41, 5.74) is 2.86. The van der Waals surface area contributed by atoms with Gasteiger partial charge in [-0.3, -0.25) is 4.79 Å². The highest BCUT2D eigenvalue weighted by Gasteiger charge is 2.22. The predicted octanol–water partition coefficient (Wildman–Crippen LogP) is 4.56. The normalized spacial score (nSPS) is 12.5. The van der Waals surface area contributed by atoms with E-state index in [9.17, 15) is 4.79 Å². The molecule has 1 atom stereocenters. The first-order chi connectivity index (χ1) is 12.5. The molecule has 0 fully saturated rings. The van der Waals surface area contributed by atoms with Crippen molar-refractivity contribution in [3.8, 4) is 0 Å². The number of rotatable bonds is 7. The number of hydrogen-bond acceptors (Lipinski definition) is 3. The Morgan fingerprint density at radius 2 is 1.96 bits per heavy atom. The minimum absolute atomic E-state index is 0.0519. The van der Waals surface area contributed by atoms with E-state index in [0.29, 0.717) is 11.6 Å². The summed E-state index contributed by atoms with van der Waals surface area (Å²) in [6.45, 7) is 4.57. The first-order valence-corrected chi connectivity index (χ1v) is 10.0. The molecule has 2 heterocycles. The van der Waals surface area contributed by atoms with Crippen molar-refractivity contribution in [2.45, 2.75) is 31.4 Å². The summed E-state index contributed by atoms with van der Waals surface area (Å²) in [6, 6.07) is 13.9. The maximum Gasteiger partial charge on any atom is 0.233 e. The fraction of sp³-hybridized carbons (Fsp3) is 0.300. The average molecular weight is 388 g/mol. The van der Waals surface area contributed by atoms with E-state index in [0.717, 1.165) is 17.1 Å². The number of hydrogen-bond donors (Lipinski definition) is 1. The van der Waals surface area contributed by atoms with E-state index < -0.39 is 0 Å². The SMILES string of the molecule is CC(C)C(SCc1ccccc1)C(=O)NCc1cn2cc(Cl)ccc2n1. The molecule has 2 aromatic heterocycles. The van der Waals surface area contributed by atoms with E-state index in [4.69, 9.17) is 11.6 Å². The Labute approximate surface area is 163 Å². The van der Waals surface area contributed by atoms with Crippen molar-refractivity contribution in [2.24, 2.45) is 5.92 Å². The van der Waals surface area contributed by atoms with Gasteiger partial charge in [0.05, 0.1) is 22.5 Å². The maximum atomic E-state index is 12.7. The van der Waals surface area contributed by atoms with Crippen molar-refractivity contribution < 1.29 is 4.79 Å². The lowest BCUT2D eigenvalue weighted by atomic mass is 10.1. The molecule has 1 unspecified atom stereocenters. The third-order valence-corrected chi connectivity index (χ3v) is 5.89. The van der Waals surface area contributed by atoms with Crippen LogP contribution in [0.15, 0.2) is 54.9 Å². The molecule has 26 heavy (non-hydrogen) atoms. The average Bonchev–Trinajstić information content (AvgIpc) is 3.02. The maximum absolute atomic E-state index is 12.7. The van der Waals surface area contributed by atoms with Crippen molar-refractivity contribution in [3.05, 3.63) is 71.1 Å². The minimum atomic E-state index is -0.0957. The largest absolute Gasteiger partial charge is 0.349 e. The Kier molecular flexibility index (Phi) is 6.22. The molecule has 0 saturated carbocycles. The molecule has 4 nitrogen and oxygen atoms in total. The molecule has 1 N–H and O–H groups in total. The molecule has 0 bridgehead atoms. The molecule has 0 aliphatic heterocycles. The highest BCUT2D eigenvalue weighted by atomic mass is 35.5. The van der Waals surface area contributed by atoms with Gasteiger partial charge in [0.1, 0.15) is 5.65 Å². The van der Waals surface area contributed by atoms with Crippen LogP contribution in [0.3, 0.4) is 0 Å². The molecule has 6 heteroatoms. The van der Waals surface area contributed by atoms with Gasteiger partial charge in [0.15, 0.2) is 0 Å². The Bertz CT molecular complexity index is 879. The molecule has 0 spiro atoms. The van der Waals surface area contributed by atoms with Crippen molar-refractivity contribution in [3.63, 3.8) is 0 Å². The number of pyridine rings is 1. The third kappa shape index (κ3) is 4.80. The zero-order chi connectivity index (χ0) is 18.5. The summed E-state index contributed by atoms with van der Waals surface area (Å²) >= 11 is 7.67. The molecule has 0 saturated heterocycles. The Hall–Kier alpha value is -1.98. The quantitative estimate of drug-likeness (QED) is 0.646. The van der Waals surface area contributed by atoms with E-state index in [2.05, 4.69) is 36.3 Å². The van der Waals surface area contributed by atoms with Crippen LogP contribution in [0.4, 0.5) is 0 Å². The Balaban J connectivity index is 1.60. The molecule has 136 valence electrons. The second-order valence-corrected chi connectivity index (χ2v) is 8.09. The van der Waals surface area contributed by atoms with Gasteiger partial charge < -0.3 is 9.72 Å². The highest BCUT2D eigenvalue weighted by Crippen LogP contribution is 2.24. The fourth-order valence-electron chi connectivity index (χ4n) is 2.71. The smallest absolute Gasteiger partial charge is 0.233 e. The lowest BCUT2D eigenvalue weighted by Gasteiger charge is -2.19. The number of nitrogens with one attached hydrogen (secondary N) is 1. The molecular formula is C20H22ClN3OS. The molecule has 1 amide bonds. The molecule has 0 radical (unpaired) electrons. The van der Waals surface area contributed by atoms with E-state index in [1.54, 1.807) is 17.8 Å². The first-order valence-electron chi connectivity index (χ1n) is 8.59. The molecule has 1 aromatic carbocycles. The lowest BCUT2D eigenvalue weighted by molar-refractivity contribution is -0.121. The van der Waals surface area contributed by atoms with Crippen LogP contribution in [0.5, 0.6) is 0 Å². The summed E-state index contributed by atoms with van der Waals surface area (Å²) < 4.78 is 1.87. The number of aromatic nitrogens is 2. The van der Waals surface area contributed by atoms with Gasteiger partial charge in [-0.05, 0) is 23.6 Å². The fourth-order valence-corrected chi connectivity index (χ4v) is 4.06. The van der Waals surface area contributed by atoms with Gasteiger partial charge in [0.25, 0.3) is 0 Å². The Morgan fingerprint density at radius 3 is 2.69 bits per heavy atom. The predicted molar refractivity (Wildman–Crippen MR) is 108 cm³/mol. The number of benzene rings is 1. The molecule has 3 aromatic rings. The minimum Gasteiger partial charge on any atom is -0.349 e. The van der Waals surface area contributed by atoms with Gasteiger partial charge in [-0.15, -0.1) is 11.8 Å². The zero-order valence-electron chi connectivity index (χ0n) is 14.9. The van der Waals surface area contributed by atoms with E-state index in [1.807, 2.05) is 41.1 Å². The van der Waals surface area contributed by atoms with E-state index in [-0.39, 0.29) is 17.1 Å². The van der Waals surface area contributed by atoms with Crippen molar-refractivity contribution >= 4 is 34.9 Å². The number of halogens is 1. The third-order valence-electron chi connectivity index (χ3n) is 4.04. The van der Waals surface area contributed by atoms with Crippen molar-refractivity contribution in [1.82, 2.24) is 14.7 Å². The lowest BCUT2D eigenvalue weighted by Crippen LogP contribution is -2.35. The number of thioether (sulfide) groups is 1.